The van der Waals surface area contributed by atoms with E-state index in [-0.39, 0.29) is 11.5 Å². The van der Waals surface area contributed by atoms with Gasteiger partial charge in [0.25, 0.3) is 0 Å². The summed E-state index contributed by atoms with van der Waals surface area (Å²) in [5.74, 6) is -0.297. The lowest BCUT2D eigenvalue weighted by Gasteiger charge is -2.32. The lowest BCUT2D eigenvalue weighted by atomic mass is 9.81. The normalized spacial score (nSPS) is 23.9. The summed E-state index contributed by atoms with van der Waals surface area (Å²) < 4.78 is 32.8. The molecule has 19 heavy (non-hydrogen) atoms. The molecule has 1 fully saturated rings. The van der Waals surface area contributed by atoms with Crippen molar-refractivity contribution in [2.24, 2.45) is 11.8 Å². The molecular weight excluding hydrogens is 250 g/mol. The predicted molar refractivity (Wildman–Crippen MR) is 69.3 cm³/mol. The largest absolute Gasteiger partial charge is 0.508 e. The third-order valence-corrected chi connectivity index (χ3v) is 3.67. The molecule has 0 radical (unpaired) electrons. The van der Waals surface area contributed by atoms with Crippen molar-refractivity contribution in [3.8, 4) is 11.5 Å². The van der Waals surface area contributed by atoms with Crippen LogP contribution >= 0.6 is 0 Å². The van der Waals surface area contributed by atoms with Crippen LogP contribution in [-0.2, 0) is 0 Å². The van der Waals surface area contributed by atoms with Crippen LogP contribution < -0.4 is 4.74 Å². The van der Waals surface area contributed by atoms with E-state index in [1.165, 1.54) is 24.3 Å². The molecule has 1 aliphatic carbocycles. The molecule has 2 nitrogen and oxygen atoms in total. The van der Waals surface area contributed by atoms with Crippen molar-refractivity contribution < 1.29 is 18.6 Å². The van der Waals surface area contributed by atoms with Crippen molar-refractivity contribution in [3.05, 3.63) is 36.9 Å². The van der Waals surface area contributed by atoms with E-state index in [1.807, 2.05) is 6.08 Å². The number of allylic oxidation sites excluding steroid dienone is 1. The van der Waals surface area contributed by atoms with E-state index in [0.717, 1.165) is 12.8 Å². The first kappa shape index (κ1) is 13.8. The summed E-state index contributed by atoms with van der Waals surface area (Å²) in [6.45, 7) is 3.71. The Bertz CT molecular complexity index is 420. The number of alkyl halides is 2. The fourth-order valence-corrected chi connectivity index (χ4v) is 2.45. The summed E-state index contributed by atoms with van der Waals surface area (Å²) in [4.78, 5) is 0. The minimum absolute atomic E-state index is 0.0298. The van der Waals surface area contributed by atoms with Crippen molar-refractivity contribution >= 4 is 0 Å². The van der Waals surface area contributed by atoms with Gasteiger partial charge < -0.3 is 9.84 Å². The highest BCUT2D eigenvalue weighted by atomic mass is 19.3. The van der Waals surface area contributed by atoms with E-state index in [9.17, 15) is 8.78 Å². The first-order valence-corrected chi connectivity index (χ1v) is 6.49. The maximum absolute atomic E-state index is 14.0. The van der Waals surface area contributed by atoms with Gasteiger partial charge in [0.15, 0.2) is 0 Å². The number of phenols is 1. The summed E-state index contributed by atoms with van der Waals surface area (Å²) in [6, 6.07) is 5.36. The number of halogens is 2. The molecule has 0 amide bonds. The summed E-state index contributed by atoms with van der Waals surface area (Å²) in [6.07, 6.45) is 1.05. The Morgan fingerprint density at radius 1 is 1.16 bits per heavy atom. The van der Waals surface area contributed by atoms with Gasteiger partial charge in [-0.3, -0.25) is 0 Å². The Morgan fingerprint density at radius 3 is 2.26 bits per heavy atom. The van der Waals surface area contributed by atoms with Crippen LogP contribution in [0.3, 0.4) is 0 Å². The topological polar surface area (TPSA) is 29.5 Å². The zero-order valence-corrected chi connectivity index (χ0v) is 10.7. The van der Waals surface area contributed by atoms with Crippen molar-refractivity contribution in [1.82, 2.24) is 0 Å². The third kappa shape index (κ3) is 3.46. The number of hydrogen-bond donors (Lipinski definition) is 1. The predicted octanol–water partition coefficient (Wildman–Crippen LogP) is 4.36. The van der Waals surface area contributed by atoms with Gasteiger partial charge in [-0.05, 0) is 55.9 Å². The van der Waals surface area contributed by atoms with Crippen molar-refractivity contribution in [2.45, 2.75) is 31.8 Å². The Kier molecular flexibility index (Phi) is 4.08. The Balaban J connectivity index is 1.98. The molecule has 0 aromatic heterocycles. The number of phenolic OH excluding ortho intramolecular Hbond substituents is 1. The molecule has 0 saturated heterocycles. The fourth-order valence-electron chi connectivity index (χ4n) is 2.45. The van der Waals surface area contributed by atoms with E-state index >= 15 is 0 Å². The number of hydrogen-bond acceptors (Lipinski definition) is 2. The first-order valence-electron chi connectivity index (χ1n) is 6.49. The van der Waals surface area contributed by atoms with Crippen LogP contribution in [-0.4, -0.2) is 11.2 Å². The van der Waals surface area contributed by atoms with Gasteiger partial charge in [-0.25, -0.2) is 0 Å². The fraction of sp³-hybridized carbons (Fsp3) is 0.467. The molecule has 4 heteroatoms. The lowest BCUT2D eigenvalue weighted by Crippen LogP contribution is -2.37. The van der Waals surface area contributed by atoms with Crippen LogP contribution in [0.25, 0.3) is 0 Å². The van der Waals surface area contributed by atoms with E-state index < -0.39 is 12.0 Å². The quantitative estimate of drug-likeness (QED) is 0.822. The van der Waals surface area contributed by atoms with Crippen molar-refractivity contribution in [2.75, 3.05) is 0 Å². The highest BCUT2D eigenvalue weighted by Gasteiger charge is 2.43. The van der Waals surface area contributed by atoms with Gasteiger partial charge in [0.1, 0.15) is 11.5 Å². The second kappa shape index (κ2) is 5.59. The van der Waals surface area contributed by atoms with Gasteiger partial charge >= 0.3 is 6.11 Å². The second-order valence-electron chi connectivity index (χ2n) is 5.01. The molecular formula is C15H18F2O2. The minimum Gasteiger partial charge on any atom is -0.508 e. The maximum Gasteiger partial charge on any atom is 0.400 e. The maximum atomic E-state index is 14.0. The summed E-state index contributed by atoms with van der Waals surface area (Å²) in [7, 11) is 0. The van der Waals surface area contributed by atoms with E-state index in [0.29, 0.717) is 18.8 Å². The van der Waals surface area contributed by atoms with Crippen LogP contribution in [0, 0.1) is 11.8 Å². The number of ether oxygens (including phenoxy) is 1. The molecule has 0 atom stereocenters. The third-order valence-electron chi connectivity index (χ3n) is 3.67. The van der Waals surface area contributed by atoms with Gasteiger partial charge in [-0.15, -0.1) is 6.58 Å². The molecule has 0 aliphatic heterocycles. The zero-order valence-electron chi connectivity index (χ0n) is 10.7. The molecule has 1 N–H and O–H groups in total. The Labute approximate surface area is 111 Å². The minimum atomic E-state index is -3.16. The Morgan fingerprint density at radius 2 is 1.74 bits per heavy atom. The summed E-state index contributed by atoms with van der Waals surface area (Å²) >= 11 is 0. The molecule has 104 valence electrons. The van der Waals surface area contributed by atoms with Gasteiger partial charge in [-0.2, -0.15) is 8.78 Å². The van der Waals surface area contributed by atoms with Gasteiger partial charge in [0, 0.05) is 0 Å². The zero-order chi connectivity index (χ0) is 13.9. The SMILES string of the molecule is C=CC1CCC(C(F)(F)Oc2ccc(O)cc2)CC1. The van der Waals surface area contributed by atoms with Crippen molar-refractivity contribution in [3.63, 3.8) is 0 Å². The molecule has 0 spiro atoms. The van der Waals surface area contributed by atoms with Crippen LogP contribution in [0.2, 0.25) is 0 Å². The van der Waals surface area contributed by atoms with E-state index in [4.69, 9.17) is 9.84 Å². The van der Waals surface area contributed by atoms with Crippen LogP contribution in [0.4, 0.5) is 8.78 Å². The van der Waals surface area contributed by atoms with Gasteiger partial charge in [0.05, 0.1) is 5.92 Å². The molecule has 2 rings (SSSR count). The Hall–Kier alpha value is -1.58. The molecule has 1 saturated carbocycles. The van der Waals surface area contributed by atoms with Crippen molar-refractivity contribution in [1.29, 1.82) is 0 Å². The highest BCUT2D eigenvalue weighted by Crippen LogP contribution is 2.40. The van der Waals surface area contributed by atoms with E-state index in [2.05, 4.69) is 6.58 Å². The number of rotatable bonds is 4. The van der Waals surface area contributed by atoms with Crippen LogP contribution in [0.15, 0.2) is 36.9 Å². The summed E-state index contributed by atoms with van der Waals surface area (Å²) in [5.41, 5.74) is 0. The monoisotopic (exact) mass is 268 g/mol. The van der Waals surface area contributed by atoms with E-state index in [1.54, 1.807) is 0 Å². The smallest absolute Gasteiger partial charge is 0.400 e. The van der Waals surface area contributed by atoms with Gasteiger partial charge in [-0.1, -0.05) is 6.08 Å². The number of aromatic hydroxyl groups is 1. The average molecular weight is 268 g/mol. The lowest BCUT2D eigenvalue weighted by molar-refractivity contribution is -0.223. The molecule has 0 unspecified atom stereocenters. The van der Waals surface area contributed by atoms with Crippen LogP contribution in [0.1, 0.15) is 25.7 Å². The molecule has 0 bridgehead atoms. The second-order valence-corrected chi connectivity index (χ2v) is 5.01. The summed E-state index contributed by atoms with van der Waals surface area (Å²) in [5, 5.41) is 9.11. The molecule has 0 heterocycles. The van der Waals surface area contributed by atoms with Gasteiger partial charge in [0.2, 0.25) is 0 Å². The molecule has 1 aromatic carbocycles. The average Bonchev–Trinajstić information content (AvgIpc) is 2.41. The standard InChI is InChI=1S/C15H18F2O2/c1-2-11-3-5-12(6-4-11)15(16,17)19-14-9-7-13(18)8-10-14/h2,7-12,18H,1,3-6H2. The van der Waals surface area contributed by atoms with Crippen LogP contribution in [0.5, 0.6) is 11.5 Å². The molecule has 1 aromatic rings. The highest BCUT2D eigenvalue weighted by molar-refractivity contribution is 5.30. The molecule has 1 aliphatic rings. The first-order chi connectivity index (χ1) is 9.01. The number of benzene rings is 1.